The van der Waals surface area contributed by atoms with E-state index >= 15 is 0 Å². The zero-order valence-corrected chi connectivity index (χ0v) is 23.6. The van der Waals surface area contributed by atoms with Gasteiger partial charge in [-0.15, -0.1) is 0 Å². The maximum absolute atomic E-state index is 13.4. The first-order valence-corrected chi connectivity index (χ1v) is 14.0. The number of nitrogens with one attached hydrogen (secondary N) is 3. The molecule has 2 aromatic carbocycles. The number of rotatable bonds is 13. The van der Waals surface area contributed by atoms with Crippen LogP contribution in [-0.2, 0) is 37.0 Å². The largest absolute Gasteiger partial charge is 0.445 e. The summed E-state index contributed by atoms with van der Waals surface area (Å²) in [6.07, 6.45) is 3.14. The summed E-state index contributed by atoms with van der Waals surface area (Å²) in [7, 11) is 0. The molecule has 0 saturated heterocycles. The number of alkyl carbamates (subject to hydrolysis) is 1. The Kier molecular flexibility index (Phi) is 12.1. The Morgan fingerprint density at radius 3 is 2.02 bits per heavy atom. The second-order valence-electron chi connectivity index (χ2n) is 10.9. The van der Waals surface area contributed by atoms with Crippen molar-refractivity contribution < 1.29 is 28.8 Å². The fourth-order valence-electron chi connectivity index (χ4n) is 4.63. The highest BCUT2D eigenvalue weighted by Crippen LogP contribution is 2.24. The van der Waals surface area contributed by atoms with Crippen molar-refractivity contribution in [3.63, 3.8) is 0 Å². The van der Waals surface area contributed by atoms with Gasteiger partial charge in [0.2, 0.25) is 11.7 Å². The van der Waals surface area contributed by atoms with Crippen LogP contribution < -0.4 is 16.1 Å². The molecule has 1 saturated carbocycles. The van der Waals surface area contributed by atoms with E-state index in [2.05, 4.69) is 23.0 Å². The molecular weight excluding hydrogens is 510 g/mol. The van der Waals surface area contributed by atoms with Crippen molar-refractivity contribution in [3.05, 3.63) is 71.8 Å². The van der Waals surface area contributed by atoms with Gasteiger partial charge in [0.05, 0.1) is 6.10 Å². The summed E-state index contributed by atoms with van der Waals surface area (Å²) in [5, 5.41) is 5.32. The van der Waals surface area contributed by atoms with E-state index in [0.717, 1.165) is 36.8 Å². The van der Waals surface area contributed by atoms with E-state index in [0.29, 0.717) is 12.3 Å². The van der Waals surface area contributed by atoms with Crippen LogP contribution >= 0.6 is 0 Å². The van der Waals surface area contributed by atoms with Crippen LogP contribution in [0.5, 0.6) is 0 Å². The lowest BCUT2D eigenvalue weighted by atomic mass is 9.89. The van der Waals surface area contributed by atoms with Crippen molar-refractivity contribution >= 4 is 23.7 Å². The SMILES string of the molecule is CC(C)C[C@H](NC(=O)OCc1ccccc1)C(=O)N[C@@H](Cc1ccccc1)C(=O)C(=O)NOC1CCC(C)CC1. The van der Waals surface area contributed by atoms with Gasteiger partial charge in [0.1, 0.15) is 18.7 Å². The van der Waals surface area contributed by atoms with Gasteiger partial charge >= 0.3 is 12.0 Å². The minimum atomic E-state index is -1.15. The Bertz CT molecular complexity index is 1100. The maximum Gasteiger partial charge on any atom is 0.408 e. The summed E-state index contributed by atoms with van der Waals surface area (Å²) >= 11 is 0. The monoisotopic (exact) mass is 551 g/mol. The molecule has 9 heteroatoms. The highest BCUT2D eigenvalue weighted by atomic mass is 16.7. The zero-order valence-electron chi connectivity index (χ0n) is 23.6. The first-order valence-electron chi connectivity index (χ1n) is 14.0. The van der Waals surface area contributed by atoms with Crippen molar-refractivity contribution in [2.75, 3.05) is 0 Å². The van der Waals surface area contributed by atoms with Crippen molar-refractivity contribution in [2.24, 2.45) is 11.8 Å². The molecule has 0 aromatic heterocycles. The molecule has 1 aliphatic rings. The molecule has 216 valence electrons. The van der Waals surface area contributed by atoms with Crippen LogP contribution in [0.2, 0.25) is 0 Å². The third-order valence-electron chi connectivity index (χ3n) is 6.95. The number of carbonyl (C=O) groups is 4. The third-order valence-corrected chi connectivity index (χ3v) is 6.95. The lowest BCUT2D eigenvalue weighted by Gasteiger charge is -2.26. The quantitative estimate of drug-likeness (QED) is 0.253. The van der Waals surface area contributed by atoms with Gasteiger partial charge in [0.15, 0.2) is 0 Å². The molecule has 0 spiro atoms. The van der Waals surface area contributed by atoms with Gasteiger partial charge in [0.25, 0.3) is 0 Å². The summed E-state index contributed by atoms with van der Waals surface area (Å²) in [6, 6.07) is 16.2. The van der Waals surface area contributed by atoms with E-state index in [-0.39, 0.29) is 25.0 Å². The molecule has 1 aliphatic carbocycles. The fourth-order valence-corrected chi connectivity index (χ4v) is 4.63. The number of ketones is 1. The van der Waals surface area contributed by atoms with Gasteiger partial charge in [-0.3, -0.25) is 19.2 Å². The number of Topliss-reactive ketones (excluding diaryl/α,β-unsaturated/α-hetero) is 1. The van der Waals surface area contributed by atoms with Gasteiger partial charge in [-0.25, -0.2) is 10.3 Å². The molecule has 40 heavy (non-hydrogen) atoms. The lowest BCUT2D eigenvalue weighted by molar-refractivity contribution is -0.151. The number of ether oxygens (including phenoxy) is 1. The van der Waals surface area contributed by atoms with E-state index in [1.807, 2.05) is 74.5 Å². The number of carbonyl (C=O) groups excluding carboxylic acids is 4. The smallest absolute Gasteiger partial charge is 0.408 e. The topological polar surface area (TPSA) is 123 Å². The van der Waals surface area contributed by atoms with Gasteiger partial charge in [-0.2, -0.15) is 0 Å². The summed E-state index contributed by atoms with van der Waals surface area (Å²) in [6.45, 7) is 6.07. The molecule has 3 rings (SSSR count). The van der Waals surface area contributed by atoms with Crippen LogP contribution in [0.3, 0.4) is 0 Å². The lowest BCUT2D eigenvalue weighted by Crippen LogP contribution is -2.55. The second kappa shape index (κ2) is 15.8. The van der Waals surface area contributed by atoms with Crippen molar-refractivity contribution in [1.29, 1.82) is 0 Å². The Balaban J connectivity index is 1.65. The Hall–Kier alpha value is -3.72. The van der Waals surface area contributed by atoms with Gasteiger partial charge < -0.3 is 15.4 Å². The van der Waals surface area contributed by atoms with E-state index in [1.54, 1.807) is 0 Å². The van der Waals surface area contributed by atoms with Crippen molar-refractivity contribution in [1.82, 2.24) is 16.1 Å². The predicted molar refractivity (Wildman–Crippen MR) is 151 cm³/mol. The van der Waals surface area contributed by atoms with E-state index in [9.17, 15) is 19.2 Å². The highest BCUT2D eigenvalue weighted by molar-refractivity contribution is 6.38. The summed E-state index contributed by atoms with van der Waals surface area (Å²) in [4.78, 5) is 57.4. The molecule has 0 radical (unpaired) electrons. The average Bonchev–Trinajstić information content (AvgIpc) is 2.95. The molecule has 2 atom stereocenters. The van der Waals surface area contributed by atoms with Gasteiger partial charge in [-0.05, 0) is 55.1 Å². The van der Waals surface area contributed by atoms with Crippen LogP contribution in [0.1, 0.15) is 64.0 Å². The van der Waals surface area contributed by atoms with Crippen LogP contribution in [0, 0.1) is 11.8 Å². The average molecular weight is 552 g/mol. The molecule has 3 amide bonds. The van der Waals surface area contributed by atoms with Crippen molar-refractivity contribution in [2.45, 2.75) is 84.1 Å². The molecule has 1 fully saturated rings. The molecule has 3 N–H and O–H groups in total. The maximum atomic E-state index is 13.4. The molecule has 0 unspecified atom stereocenters. The summed E-state index contributed by atoms with van der Waals surface area (Å²) in [5.74, 6) is -1.64. The zero-order chi connectivity index (χ0) is 28.9. The normalized spacial score (nSPS) is 18.3. The standard InChI is InChI=1S/C31H41N3O6/c1-21(2)18-27(33-31(38)39-20-24-12-8-5-9-13-24)29(36)32-26(19-23-10-6-4-7-11-23)28(35)30(37)34-40-25-16-14-22(3)15-17-25/h4-13,21-22,25-27H,14-20H2,1-3H3,(H,32,36)(H,33,38)(H,34,37)/t22?,25?,26-,27-/m0/s1. The Morgan fingerprint density at radius 1 is 0.825 bits per heavy atom. The second-order valence-corrected chi connectivity index (χ2v) is 10.9. The Labute approximate surface area is 236 Å². The first kappa shape index (κ1) is 30.8. The van der Waals surface area contributed by atoms with E-state index in [1.165, 1.54) is 0 Å². The summed E-state index contributed by atoms with van der Waals surface area (Å²) < 4.78 is 5.30. The van der Waals surface area contributed by atoms with E-state index < -0.39 is 35.8 Å². The third kappa shape index (κ3) is 10.4. The molecule has 0 heterocycles. The van der Waals surface area contributed by atoms with Crippen LogP contribution in [0.25, 0.3) is 0 Å². The minimum absolute atomic E-state index is 0.0535. The minimum Gasteiger partial charge on any atom is -0.445 e. The highest BCUT2D eigenvalue weighted by Gasteiger charge is 2.32. The number of amides is 3. The number of benzene rings is 2. The number of hydroxylamine groups is 1. The molecule has 2 aromatic rings. The van der Waals surface area contributed by atoms with Gasteiger partial charge in [0, 0.05) is 6.42 Å². The predicted octanol–water partition coefficient (Wildman–Crippen LogP) is 4.25. The Morgan fingerprint density at radius 2 is 1.43 bits per heavy atom. The summed E-state index contributed by atoms with van der Waals surface area (Å²) in [5.41, 5.74) is 3.89. The molecule has 9 nitrogen and oxygen atoms in total. The number of hydrogen-bond donors (Lipinski definition) is 3. The van der Waals surface area contributed by atoms with Crippen LogP contribution in [0.4, 0.5) is 4.79 Å². The van der Waals surface area contributed by atoms with Gasteiger partial charge in [-0.1, -0.05) is 81.4 Å². The first-order chi connectivity index (χ1) is 19.2. The number of hydrogen-bond acceptors (Lipinski definition) is 6. The van der Waals surface area contributed by atoms with Crippen LogP contribution in [0.15, 0.2) is 60.7 Å². The van der Waals surface area contributed by atoms with E-state index in [4.69, 9.17) is 9.57 Å². The molecular formula is C31H41N3O6. The molecule has 0 bridgehead atoms. The fraction of sp³-hybridized carbons (Fsp3) is 0.484. The van der Waals surface area contributed by atoms with Crippen LogP contribution in [-0.4, -0.2) is 41.9 Å². The van der Waals surface area contributed by atoms with Crippen molar-refractivity contribution in [3.8, 4) is 0 Å². The molecule has 0 aliphatic heterocycles.